The molecule has 0 radical (unpaired) electrons. The predicted molar refractivity (Wildman–Crippen MR) is 120 cm³/mol. The molecule has 0 aliphatic carbocycles. The van der Waals surface area contributed by atoms with Crippen molar-refractivity contribution in [3.05, 3.63) is 57.6 Å². The van der Waals surface area contributed by atoms with Crippen molar-refractivity contribution in [1.82, 2.24) is 9.58 Å². The van der Waals surface area contributed by atoms with Crippen molar-refractivity contribution in [1.29, 1.82) is 5.41 Å². The Kier molecular flexibility index (Phi) is 5.38. The average Bonchev–Trinajstić information content (AvgIpc) is 3.21. The zero-order chi connectivity index (χ0) is 21.6. The highest BCUT2D eigenvalue weighted by molar-refractivity contribution is 8.26. The van der Waals surface area contributed by atoms with Crippen LogP contribution in [0.5, 0.6) is 0 Å². The first kappa shape index (κ1) is 20.6. The Labute approximate surface area is 182 Å². The second kappa shape index (κ2) is 7.85. The number of carbonyl (C=O) groups is 1. The molecule has 1 aromatic carbocycles. The van der Waals surface area contributed by atoms with Gasteiger partial charge >= 0.3 is 0 Å². The van der Waals surface area contributed by atoms with Crippen molar-refractivity contribution in [2.24, 2.45) is 10.1 Å². The van der Waals surface area contributed by atoms with E-state index in [1.165, 1.54) is 22.8 Å². The summed E-state index contributed by atoms with van der Waals surface area (Å²) in [5, 5.41) is 15.7. The van der Waals surface area contributed by atoms with E-state index in [2.05, 4.69) is 10.1 Å². The Bertz CT molecular complexity index is 1180. The third kappa shape index (κ3) is 3.50. The van der Waals surface area contributed by atoms with E-state index in [-0.39, 0.29) is 16.4 Å². The first-order valence-corrected chi connectivity index (χ1v) is 10.6. The summed E-state index contributed by atoms with van der Waals surface area (Å²) in [5.74, 6) is -0.925. The van der Waals surface area contributed by atoms with Gasteiger partial charge in [0.05, 0.1) is 10.6 Å². The van der Waals surface area contributed by atoms with Crippen molar-refractivity contribution in [3.63, 3.8) is 0 Å². The summed E-state index contributed by atoms with van der Waals surface area (Å²) in [6.45, 7) is 5.86. The van der Waals surface area contributed by atoms with Crippen molar-refractivity contribution >= 4 is 51.4 Å². The number of halogens is 2. The van der Waals surface area contributed by atoms with E-state index in [4.69, 9.17) is 17.0 Å². The highest BCUT2D eigenvalue weighted by atomic mass is 35.5. The predicted octanol–water partition coefficient (Wildman–Crippen LogP) is 5.31. The summed E-state index contributed by atoms with van der Waals surface area (Å²) in [6, 6.07) is 6.43. The number of amidine groups is 2. The zero-order valence-corrected chi connectivity index (χ0v) is 18.2. The fourth-order valence-corrected chi connectivity index (χ4v) is 4.62. The summed E-state index contributed by atoms with van der Waals surface area (Å²) in [6.07, 6.45) is 3.37. The van der Waals surface area contributed by atoms with Crippen LogP contribution in [0.3, 0.4) is 0 Å². The Morgan fingerprint density at radius 3 is 2.77 bits per heavy atom. The lowest BCUT2D eigenvalue weighted by molar-refractivity contribution is -0.114. The molecular weight excluding hydrogens is 425 g/mol. The maximum absolute atomic E-state index is 13.6. The Balaban J connectivity index is 1.73. The van der Waals surface area contributed by atoms with Crippen LogP contribution in [0.4, 0.5) is 4.39 Å². The maximum Gasteiger partial charge on any atom is 0.283 e. The maximum atomic E-state index is 13.6. The monoisotopic (exact) mass is 443 g/mol. The van der Waals surface area contributed by atoms with E-state index in [0.29, 0.717) is 5.17 Å². The minimum atomic E-state index is -0.480. The van der Waals surface area contributed by atoms with Crippen LogP contribution in [0, 0.1) is 25.1 Å². The molecule has 6 nitrogen and oxygen atoms in total. The quantitative estimate of drug-likeness (QED) is 0.651. The third-order valence-electron chi connectivity index (χ3n) is 4.89. The molecule has 4 rings (SSSR count). The largest absolute Gasteiger partial charge is 0.318 e. The molecule has 1 N–H and O–H groups in total. The van der Waals surface area contributed by atoms with Crippen molar-refractivity contribution < 1.29 is 9.18 Å². The summed E-state index contributed by atoms with van der Waals surface area (Å²) in [5.41, 5.74) is 3.39. The Morgan fingerprint density at radius 1 is 1.30 bits per heavy atom. The lowest BCUT2D eigenvalue weighted by Gasteiger charge is -2.20. The standard InChI is InChI=1S/C21H19ClFN5OS/c1-4-5-18-26-28-19(24)15(20(29)25-21(28)30-18)9-13-8-11(2)27(12(13)3)14-6-7-17(23)16(22)10-14/h6-10,24H,4-5H2,1-3H3. The molecule has 0 atom stereocenters. The van der Waals surface area contributed by atoms with E-state index in [0.717, 1.165) is 40.5 Å². The molecule has 0 bridgehead atoms. The van der Waals surface area contributed by atoms with Gasteiger partial charge in [-0.2, -0.15) is 15.1 Å². The highest BCUT2D eigenvalue weighted by Gasteiger charge is 2.35. The number of rotatable bonds is 4. The van der Waals surface area contributed by atoms with Crippen LogP contribution in [0.2, 0.25) is 5.02 Å². The molecular formula is C21H19ClFN5OS. The molecule has 9 heteroatoms. The van der Waals surface area contributed by atoms with Crippen molar-refractivity contribution in [3.8, 4) is 5.69 Å². The molecule has 2 aliphatic heterocycles. The van der Waals surface area contributed by atoms with E-state index < -0.39 is 11.7 Å². The lowest BCUT2D eigenvalue weighted by Crippen LogP contribution is -2.35. The van der Waals surface area contributed by atoms with Crippen LogP contribution >= 0.6 is 23.4 Å². The molecule has 1 amide bonds. The first-order chi connectivity index (χ1) is 14.3. The second-order valence-corrected chi connectivity index (χ2v) is 8.47. The summed E-state index contributed by atoms with van der Waals surface area (Å²) in [7, 11) is 0. The number of nitrogens with zero attached hydrogens (tertiary/aromatic N) is 4. The van der Waals surface area contributed by atoms with Crippen molar-refractivity contribution in [2.45, 2.75) is 33.6 Å². The van der Waals surface area contributed by atoms with Gasteiger partial charge in [0.25, 0.3) is 5.91 Å². The Morgan fingerprint density at radius 2 is 2.07 bits per heavy atom. The van der Waals surface area contributed by atoms with Gasteiger partial charge in [0.1, 0.15) is 10.9 Å². The van der Waals surface area contributed by atoms with Crippen LogP contribution in [-0.2, 0) is 4.79 Å². The van der Waals surface area contributed by atoms with Crippen molar-refractivity contribution in [2.75, 3.05) is 0 Å². The number of aromatic nitrogens is 1. The fourth-order valence-electron chi connectivity index (χ4n) is 3.46. The molecule has 0 spiro atoms. The lowest BCUT2D eigenvalue weighted by atomic mass is 10.1. The fraction of sp³-hybridized carbons (Fsp3) is 0.238. The molecule has 30 heavy (non-hydrogen) atoms. The number of thioether (sulfide) groups is 1. The van der Waals surface area contributed by atoms with Crippen LogP contribution in [0.25, 0.3) is 11.8 Å². The van der Waals surface area contributed by atoms with E-state index in [9.17, 15) is 9.18 Å². The van der Waals surface area contributed by atoms with E-state index >= 15 is 0 Å². The van der Waals surface area contributed by atoms with E-state index in [1.807, 2.05) is 31.4 Å². The van der Waals surface area contributed by atoms with Crippen LogP contribution in [0.1, 0.15) is 36.7 Å². The SMILES string of the molecule is CCCC1=NN2C(=N)C(=Cc3cc(C)n(-c4ccc(F)c(Cl)c4)c3C)C(=O)N=C2S1. The van der Waals surface area contributed by atoms with Gasteiger partial charge in [0.2, 0.25) is 5.17 Å². The number of nitrogens with one attached hydrogen (secondary N) is 1. The smallest absolute Gasteiger partial charge is 0.283 e. The van der Waals surface area contributed by atoms with Gasteiger partial charge in [-0.05, 0) is 74.4 Å². The molecule has 154 valence electrons. The third-order valence-corrected chi connectivity index (χ3v) is 6.15. The van der Waals surface area contributed by atoms with Gasteiger partial charge in [-0.25, -0.2) is 4.39 Å². The molecule has 0 unspecified atom stereocenters. The van der Waals surface area contributed by atoms with Crippen LogP contribution in [0.15, 0.2) is 39.9 Å². The number of benzene rings is 1. The minimum Gasteiger partial charge on any atom is -0.318 e. The summed E-state index contributed by atoms with van der Waals surface area (Å²) < 4.78 is 15.5. The summed E-state index contributed by atoms with van der Waals surface area (Å²) in [4.78, 5) is 16.7. The molecule has 0 fully saturated rings. The second-order valence-electron chi connectivity index (χ2n) is 7.02. The molecule has 2 aliphatic rings. The van der Waals surface area contributed by atoms with Gasteiger partial charge in [-0.3, -0.25) is 10.2 Å². The number of carbonyl (C=O) groups excluding carboxylic acids is 1. The Hall–Kier alpha value is -2.71. The number of amides is 1. The highest BCUT2D eigenvalue weighted by Crippen LogP contribution is 2.31. The molecule has 0 saturated heterocycles. The molecule has 3 heterocycles. The van der Waals surface area contributed by atoms with Gasteiger partial charge in [-0.1, -0.05) is 18.5 Å². The molecule has 2 aromatic rings. The van der Waals surface area contributed by atoms with Crippen LogP contribution < -0.4 is 0 Å². The van der Waals surface area contributed by atoms with Crippen LogP contribution in [-0.4, -0.2) is 31.5 Å². The normalized spacial score (nSPS) is 17.5. The van der Waals surface area contributed by atoms with E-state index in [1.54, 1.807) is 18.2 Å². The number of hydrazone groups is 1. The van der Waals surface area contributed by atoms with Gasteiger partial charge in [0, 0.05) is 17.1 Å². The number of aliphatic imine (C=N–C) groups is 1. The van der Waals surface area contributed by atoms with Gasteiger partial charge in [-0.15, -0.1) is 0 Å². The number of fused-ring (bicyclic) bond motifs is 1. The number of aryl methyl sites for hydroxylation is 1. The van der Waals surface area contributed by atoms with Gasteiger partial charge in [0.15, 0.2) is 5.84 Å². The molecule has 1 aromatic heterocycles. The molecule has 0 saturated carbocycles. The number of hydrogen-bond acceptors (Lipinski definition) is 4. The zero-order valence-electron chi connectivity index (χ0n) is 16.7. The average molecular weight is 444 g/mol. The topological polar surface area (TPSA) is 73.8 Å². The summed E-state index contributed by atoms with van der Waals surface area (Å²) >= 11 is 7.28. The first-order valence-electron chi connectivity index (χ1n) is 9.43. The number of hydrogen-bond donors (Lipinski definition) is 1. The van der Waals surface area contributed by atoms with Gasteiger partial charge < -0.3 is 4.57 Å². The minimum absolute atomic E-state index is 0.0123.